The average molecular weight is 226 g/mol. The molecule has 1 aliphatic rings. The molecule has 1 atom stereocenters. The second-order valence-corrected chi connectivity index (χ2v) is 4.67. The number of amides is 1. The number of nitrogen functional groups attached to an aromatic ring is 1. The molecule has 2 rings (SSSR count). The van der Waals surface area contributed by atoms with Crippen molar-refractivity contribution in [2.45, 2.75) is 18.9 Å². The van der Waals surface area contributed by atoms with E-state index >= 15 is 0 Å². The van der Waals surface area contributed by atoms with Crippen molar-refractivity contribution in [1.82, 2.24) is 4.90 Å². The van der Waals surface area contributed by atoms with E-state index in [1.165, 1.54) is 11.3 Å². The van der Waals surface area contributed by atoms with E-state index in [2.05, 4.69) is 0 Å². The molecular weight excluding hydrogens is 212 g/mol. The van der Waals surface area contributed by atoms with Crippen molar-refractivity contribution in [3.63, 3.8) is 0 Å². The van der Waals surface area contributed by atoms with Crippen molar-refractivity contribution in [2.75, 3.05) is 18.8 Å². The molecule has 2 heterocycles. The predicted molar refractivity (Wildman–Crippen MR) is 59.9 cm³/mol. The molecule has 0 saturated carbocycles. The highest BCUT2D eigenvalue weighted by atomic mass is 32.1. The van der Waals surface area contributed by atoms with E-state index in [9.17, 15) is 9.90 Å². The van der Waals surface area contributed by atoms with Gasteiger partial charge in [0.1, 0.15) is 4.88 Å². The Hall–Kier alpha value is -1.07. The van der Waals surface area contributed by atoms with E-state index in [0.717, 1.165) is 12.8 Å². The summed E-state index contributed by atoms with van der Waals surface area (Å²) in [6.07, 6.45) is 1.26. The quantitative estimate of drug-likeness (QED) is 0.748. The van der Waals surface area contributed by atoms with Crippen molar-refractivity contribution < 1.29 is 9.90 Å². The Morgan fingerprint density at radius 1 is 1.67 bits per heavy atom. The highest BCUT2D eigenvalue weighted by Gasteiger charge is 2.24. The first-order valence-electron chi connectivity index (χ1n) is 4.99. The van der Waals surface area contributed by atoms with Crippen molar-refractivity contribution in [1.29, 1.82) is 0 Å². The topological polar surface area (TPSA) is 66.6 Å². The molecule has 1 aromatic heterocycles. The average Bonchev–Trinajstić information content (AvgIpc) is 2.63. The predicted octanol–water partition coefficient (Wildman–Crippen LogP) is 0.927. The number of carbonyl (C=O) groups is 1. The number of nitrogens with two attached hydrogens (primary N) is 1. The molecule has 1 saturated heterocycles. The van der Waals surface area contributed by atoms with Crippen molar-refractivity contribution in [2.24, 2.45) is 0 Å². The summed E-state index contributed by atoms with van der Waals surface area (Å²) >= 11 is 1.35. The number of β-amino-alcohol motifs (C(OH)–C–C–N with tert-alkyl or cyclic N) is 1. The maximum atomic E-state index is 12.0. The largest absolute Gasteiger partial charge is 0.397 e. The number of carbonyl (C=O) groups excluding carboxylic acids is 1. The number of hydrogen-bond donors (Lipinski definition) is 2. The Labute approximate surface area is 92.3 Å². The van der Waals surface area contributed by atoms with E-state index in [-0.39, 0.29) is 12.0 Å². The van der Waals surface area contributed by atoms with Gasteiger partial charge in [0.2, 0.25) is 0 Å². The van der Waals surface area contributed by atoms with Crippen molar-refractivity contribution >= 4 is 22.9 Å². The number of aliphatic hydroxyl groups excluding tert-OH is 1. The van der Waals surface area contributed by atoms with Gasteiger partial charge in [-0.1, -0.05) is 0 Å². The first-order valence-corrected chi connectivity index (χ1v) is 5.87. The first kappa shape index (κ1) is 10.4. The van der Waals surface area contributed by atoms with Crippen molar-refractivity contribution in [3.05, 3.63) is 16.3 Å². The third kappa shape index (κ3) is 2.13. The van der Waals surface area contributed by atoms with Crippen LogP contribution in [-0.4, -0.2) is 35.1 Å². The molecule has 1 aromatic rings. The Kier molecular flexibility index (Phi) is 2.93. The minimum Gasteiger partial charge on any atom is -0.397 e. The van der Waals surface area contributed by atoms with E-state index in [4.69, 9.17) is 5.73 Å². The third-order valence-corrected chi connectivity index (χ3v) is 3.49. The van der Waals surface area contributed by atoms with Gasteiger partial charge in [-0.3, -0.25) is 4.79 Å². The molecule has 5 heteroatoms. The Bertz CT molecular complexity index is 364. The second-order valence-electron chi connectivity index (χ2n) is 3.75. The number of piperidine rings is 1. The molecule has 4 nitrogen and oxygen atoms in total. The van der Waals surface area contributed by atoms with Crippen LogP contribution >= 0.6 is 11.3 Å². The smallest absolute Gasteiger partial charge is 0.266 e. The van der Waals surface area contributed by atoms with Crippen LogP contribution in [0.4, 0.5) is 5.69 Å². The SMILES string of the molecule is Nc1ccsc1C(=O)N1CCC[C@H](O)C1. The van der Waals surface area contributed by atoms with Gasteiger partial charge in [-0.25, -0.2) is 0 Å². The van der Waals surface area contributed by atoms with Crippen LogP contribution < -0.4 is 5.73 Å². The molecule has 82 valence electrons. The highest BCUT2D eigenvalue weighted by molar-refractivity contribution is 7.12. The molecule has 0 spiro atoms. The molecule has 0 unspecified atom stereocenters. The minimum atomic E-state index is -0.385. The van der Waals surface area contributed by atoms with Gasteiger partial charge in [0.25, 0.3) is 5.91 Å². The minimum absolute atomic E-state index is 0.0544. The molecule has 3 N–H and O–H groups in total. The molecular formula is C10H14N2O2S. The summed E-state index contributed by atoms with van der Waals surface area (Å²) in [6.45, 7) is 1.14. The number of anilines is 1. The molecule has 0 radical (unpaired) electrons. The van der Waals surface area contributed by atoms with Crippen LogP contribution in [0.25, 0.3) is 0 Å². The van der Waals surface area contributed by atoms with Gasteiger partial charge in [0.15, 0.2) is 0 Å². The number of thiophene rings is 1. The van der Waals surface area contributed by atoms with Gasteiger partial charge in [0.05, 0.1) is 11.8 Å². The van der Waals surface area contributed by atoms with Crippen LogP contribution in [-0.2, 0) is 0 Å². The summed E-state index contributed by atoms with van der Waals surface area (Å²) in [4.78, 5) is 14.2. The van der Waals surface area contributed by atoms with Crippen LogP contribution in [0.2, 0.25) is 0 Å². The van der Waals surface area contributed by atoms with Gasteiger partial charge < -0.3 is 15.7 Å². The Morgan fingerprint density at radius 2 is 2.47 bits per heavy atom. The lowest BCUT2D eigenvalue weighted by Crippen LogP contribution is -2.42. The zero-order chi connectivity index (χ0) is 10.8. The molecule has 1 aliphatic heterocycles. The normalized spacial score (nSPS) is 21.7. The fraction of sp³-hybridized carbons (Fsp3) is 0.500. The number of rotatable bonds is 1. The van der Waals surface area contributed by atoms with Crippen LogP contribution in [0.15, 0.2) is 11.4 Å². The van der Waals surface area contributed by atoms with Gasteiger partial charge in [0, 0.05) is 13.1 Å². The maximum absolute atomic E-state index is 12.0. The summed E-state index contributed by atoms with van der Waals surface area (Å²) in [6, 6.07) is 1.73. The van der Waals surface area contributed by atoms with Gasteiger partial charge >= 0.3 is 0 Å². The van der Waals surface area contributed by atoms with Crippen LogP contribution in [0, 0.1) is 0 Å². The van der Waals surface area contributed by atoms with Gasteiger partial charge in [-0.2, -0.15) is 0 Å². The fourth-order valence-corrected chi connectivity index (χ4v) is 2.56. The molecule has 1 fully saturated rings. The standard InChI is InChI=1S/C10H14N2O2S/c11-8-3-5-15-9(8)10(14)12-4-1-2-7(13)6-12/h3,5,7,13H,1-2,4,6,11H2/t7-/m0/s1. The summed E-state index contributed by atoms with van der Waals surface area (Å²) in [5, 5.41) is 11.3. The number of nitrogens with zero attached hydrogens (tertiary/aromatic N) is 1. The van der Waals surface area contributed by atoms with E-state index in [1.54, 1.807) is 11.0 Å². The molecule has 15 heavy (non-hydrogen) atoms. The monoisotopic (exact) mass is 226 g/mol. The summed E-state index contributed by atoms with van der Waals surface area (Å²) in [5.74, 6) is -0.0544. The number of likely N-dealkylation sites (tertiary alicyclic amines) is 1. The van der Waals surface area contributed by atoms with E-state index in [0.29, 0.717) is 23.7 Å². The summed E-state index contributed by atoms with van der Waals surface area (Å²) < 4.78 is 0. The highest BCUT2D eigenvalue weighted by Crippen LogP contribution is 2.22. The molecule has 0 aliphatic carbocycles. The Morgan fingerprint density at radius 3 is 3.07 bits per heavy atom. The number of aliphatic hydroxyl groups is 1. The van der Waals surface area contributed by atoms with Crippen molar-refractivity contribution in [3.8, 4) is 0 Å². The van der Waals surface area contributed by atoms with E-state index < -0.39 is 0 Å². The maximum Gasteiger partial charge on any atom is 0.266 e. The van der Waals surface area contributed by atoms with Gasteiger partial charge in [-0.05, 0) is 24.3 Å². The molecule has 1 amide bonds. The lowest BCUT2D eigenvalue weighted by atomic mass is 10.1. The molecule has 0 bridgehead atoms. The van der Waals surface area contributed by atoms with Gasteiger partial charge in [-0.15, -0.1) is 11.3 Å². The fourth-order valence-electron chi connectivity index (χ4n) is 1.78. The zero-order valence-corrected chi connectivity index (χ0v) is 9.17. The van der Waals surface area contributed by atoms with E-state index in [1.807, 2.05) is 5.38 Å². The van der Waals surface area contributed by atoms with Crippen LogP contribution in [0.1, 0.15) is 22.5 Å². The lowest BCUT2D eigenvalue weighted by molar-refractivity contribution is 0.0478. The number of hydrogen-bond acceptors (Lipinski definition) is 4. The second kappa shape index (κ2) is 4.20. The van der Waals surface area contributed by atoms with Crippen LogP contribution in [0.3, 0.4) is 0 Å². The summed E-state index contributed by atoms with van der Waals surface area (Å²) in [5.41, 5.74) is 6.22. The zero-order valence-electron chi connectivity index (χ0n) is 8.35. The third-order valence-electron chi connectivity index (χ3n) is 2.57. The summed E-state index contributed by atoms with van der Waals surface area (Å²) in [7, 11) is 0. The van der Waals surface area contributed by atoms with Crippen LogP contribution in [0.5, 0.6) is 0 Å². The lowest BCUT2D eigenvalue weighted by Gasteiger charge is -2.29. The first-order chi connectivity index (χ1) is 7.18. The molecule has 0 aromatic carbocycles. The Balaban J connectivity index is 2.11.